The van der Waals surface area contributed by atoms with E-state index in [0.717, 1.165) is 29.8 Å². The van der Waals surface area contributed by atoms with Crippen LogP contribution < -0.4 is 4.74 Å². The minimum atomic E-state index is 0.478. The first-order chi connectivity index (χ1) is 9.31. The maximum Gasteiger partial charge on any atom is 0.213 e. The van der Waals surface area contributed by atoms with Gasteiger partial charge < -0.3 is 4.74 Å². The van der Waals surface area contributed by atoms with Crippen molar-refractivity contribution in [2.45, 2.75) is 25.6 Å². The first-order valence-corrected chi connectivity index (χ1v) is 6.93. The molecule has 0 spiro atoms. The molecule has 0 aliphatic heterocycles. The van der Waals surface area contributed by atoms with Crippen LogP contribution in [0.5, 0.6) is 5.88 Å². The van der Waals surface area contributed by atoms with E-state index in [4.69, 9.17) is 16.3 Å². The van der Waals surface area contributed by atoms with Gasteiger partial charge in [-0.3, -0.25) is 4.98 Å². The van der Waals surface area contributed by atoms with Crippen molar-refractivity contribution in [1.82, 2.24) is 9.97 Å². The molecule has 3 nitrogen and oxygen atoms in total. The van der Waals surface area contributed by atoms with E-state index in [1.807, 2.05) is 30.3 Å². The molecular formula is C15H17ClN2O. The average Bonchev–Trinajstić information content (AvgIpc) is 2.48. The standard InChI is InChI=1S/C15H17ClN2O/c1-2-13-9-12(11-16)10-15(18-13)19-8-6-14-5-3-4-7-17-14/h3-5,7,9-10H,2,6,8,11H2,1H3. The zero-order chi connectivity index (χ0) is 13.5. The smallest absolute Gasteiger partial charge is 0.213 e. The fourth-order valence-corrected chi connectivity index (χ4v) is 1.91. The highest BCUT2D eigenvalue weighted by Gasteiger charge is 2.03. The lowest BCUT2D eigenvalue weighted by Gasteiger charge is -2.08. The molecule has 100 valence electrons. The second-order valence-electron chi connectivity index (χ2n) is 4.21. The predicted molar refractivity (Wildman–Crippen MR) is 76.6 cm³/mol. The van der Waals surface area contributed by atoms with E-state index in [-0.39, 0.29) is 0 Å². The average molecular weight is 277 g/mol. The summed E-state index contributed by atoms with van der Waals surface area (Å²) in [5.74, 6) is 1.12. The summed E-state index contributed by atoms with van der Waals surface area (Å²) in [5, 5.41) is 0. The SMILES string of the molecule is CCc1cc(CCl)cc(OCCc2ccccn2)n1. The minimum absolute atomic E-state index is 0.478. The minimum Gasteiger partial charge on any atom is -0.477 e. The number of aromatic nitrogens is 2. The Morgan fingerprint density at radius 1 is 1.21 bits per heavy atom. The van der Waals surface area contributed by atoms with E-state index in [2.05, 4.69) is 16.9 Å². The van der Waals surface area contributed by atoms with Gasteiger partial charge in [0.05, 0.1) is 6.61 Å². The maximum absolute atomic E-state index is 5.86. The van der Waals surface area contributed by atoms with Crippen LogP contribution in [-0.2, 0) is 18.7 Å². The van der Waals surface area contributed by atoms with Crippen LogP contribution in [0.1, 0.15) is 23.9 Å². The summed E-state index contributed by atoms with van der Waals surface area (Å²) in [6, 6.07) is 9.78. The van der Waals surface area contributed by atoms with Crippen LogP contribution in [0.4, 0.5) is 0 Å². The Morgan fingerprint density at radius 3 is 2.79 bits per heavy atom. The summed E-state index contributed by atoms with van der Waals surface area (Å²) in [6.45, 7) is 2.64. The van der Waals surface area contributed by atoms with Gasteiger partial charge >= 0.3 is 0 Å². The first kappa shape index (κ1) is 13.8. The zero-order valence-corrected chi connectivity index (χ0v) is 11.7. The van der Waals surface area contributed by atoms with Crippen molar-refractivity contribution in [3.05, 3.63) is 53.5 Å². The number of pyridine rings is 2. The molecule has 0 aromatic carbocycles. The van der Waals surface area contributed by atoms with Crippen LogP contribution in [0.25, 0.3) is 0 Å². The van der Waals surface area contributed by atoms with E-state index in [1.54, 1.807) is 6.20 Å². The second kappa shape index (κ2) is 7.10. The number of aryl methyl sites for hydroxylation is 1. The van der Waals surface area contributed by atoms with Crippen LogP contribution in [0, 0.1) is 0 Å². The van der Waals surface area contributed by atoms with E-state index >= 15 is 0 Å². The van der Waals surface area contributed by atoms with Gasteiger partial charge in [-0.1, -0.05) is 13.0 Å². The Hall–Kier alpha value is -1.61. The van der Waals surface area contributed by atoms with Crippen LogP contribution in [0.3, 0.4) is 0 Å². The van der Waals surface area contributed by atoms with E-state index in [1.165, 1.54) is 0 Å². The third kappa shape index (κ3) is 4.21. The number of alkyl halides is 1. The molecule has 0 amide bonds. The molecule has 0 fully saturated rings. The Balaban J connectivity index is 1.95. The topological polar surface area (TPSA) is 35.0 Å². The highest BCUT2D eigenvalue weighted by atomic mass is 35.5. The van der Waals surface area contributed by atoms with Crippen LogP contribution in [0.15, 0.2) is 36.5 Å². The van der Waals surface area contributed by atoms with Crippen molar-refractivity contribution in [3.8, 4) is 5.88 Å². The molecule has 4 heteroatoms. The lowest BCUT2D eigenvalue weighted by atomic mass is 10.2. The van der Waals surface area contributed by atoms with Gasteiger partial charge in [-0.2, -0.15) is 0 Å². The van der Waals surface area contributed by atoms with Crippen molar-refractivity contribution in [2.24, 2.45) is 0 Å². The molecule has 0 bridgehead atoms. The van der Waals surface area contributed by atoms with Crippen LogP contribution >= 0.6 is 11.6 Å². The second-order valence-corrected chi connectivity index (χ2v) is 4.48. The van der Waals surface area contributed by atoms with Crippen molar-refractivity contribution >= 4 is 11.6 Å². The molecule has 0 unspecified atom stereocenters. The molecule has 0 radical (unpaired) electrons. The first-order valence-electron chi connectivity index (χ1n) is 6.40. The van der Waals surface area contributed by atoms with E-state index in [0.29, 0.717) is 18.4 Å². The number of rotatable bonds is 6. The van der Waals surface area contributed by atoms with Gasteiger partial charge in [0.1, 0.15) is 0 Å². The van der Waals surface area contributed by atoms with Gasteiger partial charge in [-0.15, -0.1) is 11.6 Å². The van der Waals surface area contributed by atoms with Crippen LogP contribution in [-0.4, -0.2) is 16.6 Å². The Bertz CT molecular complexity index is 495. The monoisotopic (exact) mass is 276 g/mol. The normalized spacial score (nSPS) is 10.4. The number of ether oxygens (including phenoxy) is 1. The van der Waals surface area contributed by atoms with Crippen molar-refractivity contribution in [1.29, 1.82) is 0 Å². The maximum atomic E-state index is 5.86. The van der Waals surface area contributed by atoms with Crippen molar-refractivity contribution in [3.63, 3.8) is 0 Å². The molecule has 0 saturated carbocycles. The molecule has 2 rings (SSSR count). The summed E-state index contributed by atoms with van der Waals surface area (Å²) in [6.07, 6.45) is 3.44. The Kier molecular flexibility index (Phi) is 5.16. The molecule has 2 heterocycles. The molecule has 0 saturated heterocycles. The Morgan fingerprint density at radius 2 is 2.11 bits per heavy atom. The molecule has 0 N–H and O–H groups in total. The number of hydrogen-bond acceptors (Lipinski definition) is 3. The predicted octanol–water partition coefficient (Wildman–Crippen LogP) is 3.40. The molecule has 0 atom stereocenters. The van der Waals surface area contributed by atoms with E-state index < -0.39 is 0 Å². The largest absolute Gasteiger partial charge is 0.477 e. The quantitative estimate of drug-likeness (QED) is 0.759. The summed E-state index contributed by atoms with van der Waals surface area (Å²) < 4.78 is 5.69. The highest BCUT2D eigenvalue weighted by Crippen LogP contribution is 2.15. The van der Waals surface area contributed by atoms with Gasteiger partial charge in [0.25, 0.3) is 0 Å². The van der Waals surface area contributed by atoms with Gasteiger partial charge in [0.2, 0.25) is 5.88 Å². The lowest BCUT2D eigenvalue weighted by Crippen LogP contribution is -2.05. The molecule has 0 aliphatic rings. The summed E-state index contributed by atoms with van der Waals surface area (Å²) in [7, 11) is 0. The third-order valence-corrected chi connectivity index (χ3v) is 3.07. The summed E-state index contributed by atoms with van der Waals surface area (Å²) >= 11 is 5.86. The van der Waals surface area contributed by atoms with Gasteiger partial charge in [-0.05, 0) is 30.2 Å². The van der Waals surface area contributed by atoms with Gasteiger partial charge in [0, 0.05) is 36.0 Å². The van der Waals surface area contributed by atoms with Crippen LogP contribution in [0.2, 0.25) is 0 Å². The van der Waals surface area contributed by atoms with Crippen molar-refractivity contribution in [2.75, 3.05) is 6.61 Å². The van der Waals surface area contributed by atoms with Gasteiger partial charge in [0.15, 0.2) is 0 Å². The molecule has 19 heavy (non-hydrogen) atoms. The number of halogens is 1. The van der Waals surface area contributed by atoms with Gasteiger partial charge in [-0.25, -0.2) is 4.98 Å². The van der Waals surface area contributed by atoms with Crippen molar-refractivity contribution < 1.29 is 4.74 Å². The number of hydrogen-bond donors (Lipinski definition) is 0. The highest BCUT2D eigenvalue weighted by molar-refractivity contribution is 6.17. The molecular weight excluding hydrogens is 260 g/mol. The fourth-order valence-electron chi connectivity index (χ4n) is 1.76. The molecule has 2 aromatic heterocycles. The summed E-state index contributed by atoms with van der Waals surface area (Å²) in [4.78, 5) is 8.69. The zero-order valence-electron chi connectivity index (χ0n) is 11.0. The summed E-state index contributed by atoms with van der Waals surface area (Å²) in [5.41, 5.74) is 3.07. The lowest BCUT2D eigenvalue weighted by molar-refractivity contribution is 0.307. The van der Waals surface area contributed by atoms with E-state index in [9.17, 15) is 0 Å². The number of nitrogens with zero attached hydrogens (tertiary/aromatic N) is 2. The Labute approximate surface area is 118 Å². The fraction of sp³-hybridized carbons (Fsp3) is 0.333. The molecule has 2 aromatic rings. The molecule has 0 aliphatic carbocycles. The third-order valence-electron chi connectivity index (χ3n) is 2.77.